The molecule has 0 spiro atoms. The van der Waals surface area contributed by atoms with Crippen LogP contribution in [0.25, 0.3) is 0 Å². The smallest absolute Gasteiger partial charge is 0.122 e. The van der Waals surface area contributed by atoms with Gasteiger partial charge in [-0.3, -0.25) is 9.80 Å². The summed E-state index contributed by atoms with van der Waals surface area (Å²) in [6, 6.07) is 7.25. The number of rotatable bonds is 7. The molecule has 0 amide bonds. The molecule has 0 aromatic heterocycles. The lowest BCUT2D eigenvalue weighted by Gasteiger charge is -2.45. The van der Waals surface area contributed by atoms with Crippen LogP contribution in [0.1, 0.15) is 44.1 Å². The highest BCUT2D eigenvalue weighted by Crippen LogP contribution is 2.28. The second kappa shape index (κ2) is 9.58. The molecule has 1 aromatic rings. The monoisotopic (exact) mass is 362 g/mol. The highest BCUT2D eigenvalue weighted by Gasteiger charge is 2.31. The molecule has 0 bridgehead atoms. The molecule has 1 saturated heterocycles. The zero-order valence-electron chi connectivity index (χ0n) is 16.3. The minimum Gasteiger partial charge on any atom is -0.497 e. The first kappa shape index (κ1) is 19.5. The fraction of sp³-hybridized carbons (Fsp3) is 0.714. The van der Waals surface area contributed by atoms with Crippen molar-refractivity contribution in [1.29, 1.82) is 0 Å². The van der Waals surface area contributed by atoms with E-state index < -0.39 is 0 Å². The van der Waals surface area contributed by atoms with Crippen molar-refractivity contribution in [2.45, 2.75) is 57.2 Å². The molecule has 26 heavy (non-hydrogen) atoms. The van der Waals surface area contributed by atoms with Crippen LogP contribution in [0, 0.1) is 0 Å². The summed E-state index contributed by atoms with van der Waals surface area (Å²) in [5.74, 6) is 1.66. The van der Waals surface area contributed by atoms with Gasteiger partial charge in [-0.15, -0.1) is 0 Å². The lowest BCUT2D eigenvalue weighted by molar-refractivity contribution is 0.0221. The van der Waals surface area contributed by atoms with Gasteiger partial charge >= 0.3 is 0 Å². The largest absolute Gasteiger partial charge is 0.497 e. The number of hydrogen-bond acceptors (Lipinski definition) is 5. The van der Waals surface area contributed by atoms with Crippen molar-refractivity contribution in [2.75, 3.05) is 40.5 Å². The van der Waals surface area contributed by atoms with Gasteiger partial charge in [0.05, 0.1) is 14.2 Å². The van der Waals surface area contributed by atoms with Gasteiger partial charge in [0.2, 0.25) is 0 Å². The van der Waals surface area contributed by atoms with E-state index in [1.807, 2.05) is 6.07 Å². The molecule has 1 aliphatic carbocycles. The van der Waals surface area contributed by atoms with E-state index in [-0.39, 0.29) is 6.61 Å². The lowest BCUT2D eigenvalue weighted by Crippen LogP contribution is -2.56. The standard InChI is InChI=1S/C21H34N2O3/c1-25-20-12-17(13-21(14-20)26-2)15-22-9-10-23(16-19(22)8-11-24)18-6-4-3-5-7-18/h12-14,18-19,24H,3-11,15-16H2,1-2H3/t19-/m1/s1. The van der Waals surface area contributed by atoms with E-state index in [1.165, 1.54) is 37.7 Å². The zero-order valence-corrected chi connectivity index (χ0v) is 16.3. The summed E-state index contributed by atoms with van der Waals surface area (Å²) in [5.41, 5.74) is 1.20. The number of aliphatic hydroxyl groups is 1. The average molecular weight is 363 g/mol. The van der Waals surface area contributed by atoms with Crippen molar-refractivity contribution in [3.63, 3.8) is 0 Å². The predicted octanol–water partition coefficient (Wildman–Crippen LogP) is 2.91. The highest BCUT2D eigenvalue weighted by atomic mass is 16.5. The van der Waals surface area contributed by atoms with Crippen LogP contribution in [-0.2, 0) is 6.54 Å². The molecular weight excluding hydrogens is 328 g/mol. The first-order valence-electron chi connectivity index (χ1n) is 10.0. The van der Waals surface area contributed by atoms with Gasteiger partial charge in [-0.05, 0) is 37.0 Å². The van der Waals surface area contributed by atoms with Crippen molar-refractivity contribution >= 4 is 0 Å². The quantitative estimate of drug-likeness (QED) is 0.808. The Balaban J connectivity index is 1.67. The normalized spacial score (nSPS) is 23.1. The number of aliphatic hydroxyl groups excluding tert-OH is 1. The van der Waals surface area contributed by atoms with Crippen LogP contribution in [-0.4, -0.2) is 67.5 Å². The van der Waals surface area contributed by atoms with Gasteiger partial charge in [0, 0.05) is 50.9 Å². The van der Waals surface area contributed by atoms with E-state index >= 15 is 0 Å². The van der Waals surface area contributed by atoms with E-state index in [2.05, 4.69) is 21.9 Å². The minimum absolute atomic E-state index is 0.251. The Morgan fingerprint density at radius 1 is 1.00 bits per heavy atom. The molecule has 0 radical (unpaired) electrons. The Morgan fingerprint density at radius 3 is 2.31 bits per heavy atom. The van der Waals surface area contributed by atoms with Crippen LogP contribution in [0.5, 0.6) is 11.5 Å². The molecule has 146 valence electrons. The van der Waals surface area contributed by atoms with E-state index in [9.17, 15) is 5.11 Å². The minimum atomic E-state index is 0.251. The molecule has 5 nitrogen and oxygen atoms in total. The van der Waals surface area contributed by atoms with Crippen LogP contribution in [0.15, 0.2) is 18.2 Å². The third-order valence-corrected chi connectivity index (χ3v) is 5.99. The Bertz CT molecular complexity index is 538. The summed E-state index contributed by atoms with van der Waals surface area (Å²) >= 11 is 0. The van der Waals surface area contributed by atoms with E-state index in [0.717, 1.165) is 50.1 Å². The van der Waals surface area contributed by atoms with E-state index in [4.69, 9.17) is 9.47 Å². The fourth-order valence-electron chi connectivity index (χ4n) is 4.52. The summed E-state index contributed by atoms with van der Waals surface area (Å²) in [4.78, 5) is 5.20. The molecular formula is C21H34N2O3. The number of ether oxygens (including phenoxy) is 2. The molecule has 1 aromatic carbocycles. The van der Waals surface area contributed by atoms with Gasteiger partial charge in [-0.2, -0.15) is 0 Å². The number of hydrogen-bond donors (Lipinski definition) is 1. The number of piperazine rings is 1. The second-order valence-electron chi connectivity index (χ2n) is 7.64. The van der Waals surface area contributed by atoms with E-state index in [1.54, 1.807) is 14.2 Å². The zero-order chi connectivity index (χ0) is 18.4. The summed E-state index contributed by atoms with van der Waals surface area (Å²) in [6.07, 6.45) is 7.68. The lowest BCUT2D eigenvalue weighted by atomic mass is 9.92. The van der Waals surface area contributed by atoms with Gasteiger partial charge in [-0.1, -0.05) is 19.3 Å². The summed E-state index contributed by atoms with van der Waals surface area (Å²) in [5, 5.41) is 9.58. The van der Waals surface area contributed by atoms with Crippen LogP contribution < -0.4 is 9.47 Å². The van der Waals surface area contributed by atoms with Crippen LogP contribution in [0.2, 0.25) is 0 Å². The average Bonchev–Trinajstić information content (AvgIpc) is 2.69. The van der Waals surface area contributed by atoms with Crippen molar-refractivity contribution in [3.05, 3.63) is 23.8 Å². The summed E-state index contributed by atoms with van der Waals surface area (Å²) < 4.78 is 10.8. The van der Waals surface area contributed by atoms with Gasteiger partial charge in [0.1, 0.15) is 11.5 Å². The first-order valence-corrected chi connectivity index (χ1v) is 10.0. The van der Waals surface area contributed by atoms with Crippen molar-refractivity contribution in [1.82, 2.24) is 9.80 Å². The van der Waals surface area contributed by atoms with Crippen molar-refractivity contribution in [3.8, 4) is 11.5 Å². The van der Waals surface area contributed by atoms with Crippen LogP contribution in [0.3, 0.4) is 0 Å². The van der Waals surface area contributed by atoms with Crippen LogP contribution in [0.4, 0.5) is 0 Å². The molecule has 0 unspecified atom stereocenters. The SMILES string of the molecule is COc1cc(CN2CCN(C3CCCCC3)C[C@H]2CCO)cc(OC)c1. The van der Waals surface area contributed by atoms with Crippen molar-refractivity contribution < 1.29 is 14.6 Å². The summed E-state index contributed by atoms with van der Waals surface area (Å²) in [6.45, 7) is 4.39. The Morgan fingerprint density at radius 2 is 1.69 bits per heavy atom. The van der Waals surface area contributed by atoms with Crippen LogP contribution >= 0.6 is 0 Å². The van der Waals surface area contributed by atoms with Crippen molar-refractivity contribution in [2.24, 2.45) is 0 Å². The number of benzene rings is 1. The second-order valence-corrected chi connectivity index (χ2v) is 7.64. The maximum absolute atomic E-state index is 9.58. The highest BCUT2D eigenvalue weighted by molar-refractivity contribution is 5.38. The molecule has 1 atom stereocenters. The Hall–Kier alpha value is -1.30. The van der Waals surface area contributed by atoms with E-state index in [0.29, 0.717) is 6.04 Å². The topological polar surface area (TPSA) is 45.2 Å². The number of nitrogens with zero attached hydrogens (tertiary/aromatic N) is 2. The van der Waals surface area contributed by atoms with Gasteiger partial charge < -0.3 is 14.6 Å². The number of methoxy groups -OCH3 is 2. The maximum Gasteiger partial charge on any atom is 0.122 e. The first-order chi connectivity index (χ1) is 12.7. The van der Waals surface area contributed by atoms with Gasteiger partial charge in [-0.25, -0.2) is 0 Å². The molecule has 2 fully saturated rings. The fourth-order valence-corrected chi connectivity index (χ4v) is 4.52. The maximum atomic E-state index is 9.58. The third kappa shape index (κ3) is 4.90. The van der Waals surface area contributed by atoms with Gasteiger partial charge in [0.15, 0.2) is 0 Å². The molecule has 5 heteroatoms. The predicted molar refractivity (Wildman–Crippen MR) is 104 cm³/mol. The Labute approximate surface area is 157 Å². The third-order valence-electron chi connectivity index (χ3n) is 5.99. The Kier molecular flexibility index (Phi) is 7.17. The summed E-state index contributed by atoms with van der Waals surface area (Å²) in [7, 11) is 3.38. The molecule has 1 aliphatic heterocycles. The molecule has 1 N–H and O–H groups in total. The molecule has 3 rings (SSSR count). The molecule has 2 aliphatic rings. The van der Waals surface area contributed by atoms with Gasteiger partial charge in [0.25, 0.3) is 0 Å². The molecule has 1 saturated carbocycles. The molecule has 1 heterocycles.